The van der Waals surface area contributed by atoms with Gasteiger partial charge >= 0.3 is 0 Å². The molecule has 1 amide bonds. The van der Waals surface area contributed by atoms with Gasteiger partial charge in [-0.1, -0.05) is 12.8 Å². The number of terminal acetylenes is 1. The third-order valence-electron chi connectivity index (χ3n) is 4.88. The van der Waals surface area contributed by atoms with E-state index in [-0.39, 0.29) is 11.8 Å². The Labute approximate surface area is 129 Å². The van der Waals surface area contributed by atoms with Crippen molar-refractivity contribution < 1.29 is 4.79 Å². The topological polar surface area (TPSA) is 35.6 Å². The van der Waals surface area contributed by atoms with Gasteiger partial charge in [0.2, 0.25) is 5.91 Å². The first kappa shape index (κ1) is 16.3. The molecule has 0 unspecified atom stereocenters. The Hall–Kier alpha value is -1.05. The minimum Gasteiger partial charge on any atom is -0.355 e. The predicted octanol–water partition coefficient (Wildman–Crippen LogP) is 1.18. The lowest BCUT2D eigenvalue weighted by Gasteiger charge is -2.31. The zero-order valence-electron chi connectivity index (χ0n) is 13.3. The molecule has 0 radical (unpaired) electrons. The van der Waals surface area contributed by atoms with Gasteiger partial charge in [0.25, 0.3) is 0 Å². The first-order valence-corrected chi connectivity index (χ1v) is 8.35. The molecule has 21 heavy (non-hydrogen) atoms. The maximum absolute atomic E-state index is 12.2. The van der Waals surface area contributed by atoms with Gasteiger partial charge in [-0.3, -0.25) is 9.69 Å². The van der Waals surface area contributed by atoms with Crippen LogP contribution in [0.25, 0.3) is 0 Å². The van der Waals surface area contributed by atoms with E-state index in [0.29, 0.717) is 6.54 Å². The number of nitrogens with one attached hydrogen (secondary N) is 1. The highest BCUT2D eigenvalue weighted by atomic mass is 16.1. The molecule has 2 aliphatic rings. The normalized spacial score (nSPS) is 22.9. The van der Waals surface area contributed by atoms with Crippen molar-refractivity contribution in [2.24, 2.45) is 11.8 Å². The second-order valence-corrected chi connectivity index (χ2v) is 6.57. The Bertz CT molecular complexity index is 361. The van der Waals surface area contributed by atoms with Crippen LogP contribution in [0.2, 0.25) is 0 Å². The quantitative estimate of drug-likeness (QED) is 0.773. The molecule has 0 aliphatic carbocycles. The van der Waals surface area contributed by atoms with Gasteiger partial charge in [-0.2, -0.15) is 0 Å². The number of amides is 1. The van der Waals surface area contributed by atoms with Crippen LogP contribution < -0.4 is 5.32 Å². The minimum atomic E-state index is 0.181. The predicted molar refractivity (Wildman–Crippen MR) is 85.8 cm³/mol. The highest BCUT2D eigenvalue weighted by Gasteiger charge is 2.24. The van der Waals surface area contributed by atoms with Crippen LogP contribution in [0.15, 0.2) is 0 Å². The van der Waals surface area contributed by atoms with Gasteiger partial charge in [-0.15, -0.1) is 6.42 Å². The first-order valence-electron chi connectivity index (χ1n) is 8.35. The zero-order valence-corrected chi connectivity index (χ0v) is 13.3. The lowest BCUT2D eigenvalue weighted by atomic mass is 9.96. The van der Waals surface area contributed by atoms with Gasteiger partial charge in [-0.25, -0.2) is 0 Å². The van der Waals surface area contributed by atoms with Crippen LogP contribution in [0.4, 0.5) is 0 Å². The number of likely N-dealkylation sites (tertiary alicyclic amines) is 2. The number of carbonyl (C=O) groups is 1. The largest absolute Gasteiger partial charge is 0.355 e. The summed E-state index contributed by atoms with van der Waals surface area (Å²) >= 11 is 0. The van der Waals surface area contributed by atoms with E-state index in [9.17, 15) is 4.79 Å². The summed E-state index contributed by atoms with van der Waals surface area (Å²) in [6, 6.07) is 0. The van der Waals surface area contributed by atoms with Gasteiger partial charge < -0.3 is 10.2 Å². The summed E-state index contributed by atoms with van der Waals surface area (Å²) in [5.74, 6) is 3.96. The molecule has 2 saturated heterocycles. The van der Waals surface area contributed by atoms with Crippen LogP contribution in [0, 0.1) is 24.2 Å². The molecule has 0 aromatic heterocycles. The van der Waals surface area contributed by atoms with Crippen molar-refractivity contribution in [3.8, 4) is 12.3 Å². The van der Waals surface area contributed by atoms with Gasteiger partial charge in [0, 0.05) is 19.0 Å². The third kappa shape index (κ3) is 5.33. The summed E-state index contributed by atoms with van der Waals surface area (Å²) in [5, 5.41) is 3.12. The van der Waals surface area contributed by atoms with E-state index in [4.69, 9.17) is 6.42 Å². The van der Waals surface area contributed by atoms with E-state index in [2.05, 4.69) is 28.0 Å². The van der Waals surface area contributed by atoms with Crippen molar-refractivity contribution in [3.63, 3.8) is 0 Å². The number of hydrogen-bond acceptors (Lipinski definition) is 3. The number of rotatable bonds is 5. The Balaban J connectivity index is 1.59. The summed E-state index contributed by atoms with van der Waals surface area (Å²) in [6.07, 6.45) is 9.79. The van der Waals surface area contributed by atoms with Crippen LogP contribution in [-0.2, 0) is 4.79 Å². The molecular weight excluding hydrogens is 262 g/mol. The lowest BCUT2D eigenvalue weighted by molar-refractivity contribution is -0.126. The molecular formula is C17H29N3O. The van der Waals surface area contributed by atoms with Crippen molar-refractivity contribution in [1.82, 2.24) is 15.1 Å². The molecule has 0 bridgehead atoms. The molecule has 2 aliphatic heterocycles. The fraction of sp³-hybridized carbons (Fsp3) is 0.824. The Morgan fingerprint density at radius 2 is 1.76 bits per heavy atom. The molecule has 0 saturated carbocycles. The summed E-state index contributed by atoms with van der Waals surface area (Å²) in [6.45, 7) is 9.08. The summed E-state index contributed by atoms with van der Waals surface area (Å²) in [7, 11) is 0. The number of piperidine rings is 2. The Kier molecular flexibility index (Phi) is 6.53. The SMILES string of the molecule is C#CCN1CCC(C(=O)NCCN2CCC(C)CC2)CC1. The number of carbonyl (C=O) groups excluding carboxylic acids is 1. The van der Waals surface area contributed by atoms with E-state index in [0.717, 1.165) is 44.9 Å². The van der Waals surface area contributed by atoms with E-state index >= 15 is 0 Å². The van der Waals surface area contributed by atoms with E-state index in [1.165, 1.54) is 25.9 Å². The standard InChI is InChI=1S/C17H29N3O/c1-3-9-19-12-6-16(7-13-19)17(21)18-8-14-20-10-4-15(2)5-11-20/h1,15-16H,4-14H2,2H3,(H,18,21). The van der Waals surface area contributed by atoms with Gasteiger partial charge in [-0.05, 0) is 57.8 Å². The fourth-order valence-corrected chi connectivity index (χ4v) is 3.25. The molecule has 0 spiro atoms. The fourth-order valence-electron chi connectivity index (χ4n) is 3.25. The maximum atomic E-state index is 12.2. The van der Waals surface area contributed by atoms with Crippen LogP contribution in [0.1, 0.15) is 32.6 Å². The summed E-state index contributed by atoms with van der Waals surface area (Å²) in [4.78, 5) is 16.9. The van der Waals surface area contributed by atoms with E-state index < -0.39 is 0 Å². The Morgan fingerprint density at radius 1 is 1.14 bits per heavy atom. The summed E-state index contributed by atoms with van der Waals surface area (Å²) in [5.41, 5.74) is 0. The highest BCUT2D eigenvalue weighted by molar-refractivity contribution is 5.78. The van der Waals surface area contributed by atoms with Crippen molar-refractivity contribution in [2.45, 2.75) is 32.6 Å². The van der Waals surface area contributed by atoms with Gasteiger partial charge in [0.05, 0.1) is 6.54 Å². The molecule has 4 nitrogen and oxygen atoms in total. The van der Waals surface area contributed by atoms with E-state index in [1.54, 1.807) is 0 Å². The average molecular weight is 291 g/mol. The van der Waals surface area contributed by atoms with Crippen LogP contribution in [0.3, 0.4) is 0 Å². The smallest absolute Gasteiger partial charge is 0.223 e. The number of hydrogen-bond donors (Lipinski definition) is 1. The van der Waals surface area contributed by atoms with Crippen molar-refractivity contribution >= 4 is 5.91 Å². The monoisotopic (exact) mass is 291 g/mol. The molecule has 1 N–H and O–H groups in total. The van der Waals surface area contributed by atoms with Gasteiger partial charge in [0.1, 0.15) is 0 Å². The molecule has 0 aromatic carbocycles. The average Bonchev–Trinajstić information content (AvgIpc) is 2.50. The zero-order chi connectivity index (χ0) is 15.1. The lowest BCUT2D eigenvalue weighted by Crippen LogP contribution is -2.43. The molecule has 2 fully saturated rings. The first-order chi connectivity index (χ1) is 10.2. The van der Waals surface area contributed by atoms with Crippen molar-refractivity contribution in [3.05, 3.63) is 0 Å². The second-order valence-electron chi connectivity index (χ2n) is 6.57. The minimum absolute atomic E-state index is 0.181. The second kappa shape index (κ2) is 8.41. The molecule has 0 atom stereocenters. The molecule has 2 heterocycles. The van der Waals surface area contributed by atoms with Crippen molar-refractivity contribution in [1.29, 1.82) is 0 Å². The third-order valence-corrected chi connectivity index (χ3v) is 4.88. The Morgan fingerprint density at radius 3 is 2.38 bits per heavy atom. The maximum Gasteiger partial charge on any atom is 0.223 e. The van der Waals surface area contributed by atoms with Crippen LogP contribution in [-0.4, -0.2) is 61.5 Å². The molecule has 118 valence electrons. The highest BCUT2D eigenvalue weighted by Crippen LogP contribution is 2.17. The van der Waals surface area contributed by atoms with Crippen molar-refractivity contribution in [2.75, 3.05) is 45.8 Å². The van der Waals surface area contributed by atoms with Crippen LogP contribution >= 0.6 is 0 Å². The van der Waals surface area contributed by atoms with Gasteiger partial charge in [0.15, 0.2) is 0 Å². The van der Waals surface area contributed by atoms with Crippen LogP contribution in [0.5, 0.6) is 0 Å². The summed E-state index contributed by atoms with van der Waals surface area (Å²) < 4.78 is 0. The number of nitrogens with zero attached hydrogens (tertiary/aromatic N) is 2. The van der Waals surface area contributed by atoms with E-state index in [1.807, 2.05) is 0 Å². The molecule has 4 heteroatoms. The molecule has 2 rings (SSSR count). The molecule has 0 aromatic rings.